The number of aromatic nitrogens is 2. The summed E-state index contributed by atoms with van der Waals surface area (Å²) < 4.78 is 1.93. The third-order valence-electron chi connectivity index (χ3n) is 4.11. The van der Waals surface area contributed by atoms with Crippen LogP contribution in [0.2, 0.25) is 0 Å². The standard InChI is InChI=1S/C14H24N4O/c1-5-7-18-11(4)13(9(2)16-18)14(19)17-8-6-12(15)10(17)3/h10,12H,5-8,15H2,1-4H3/t10-,12-/m0/s1. The van der Waals surface area contributed by atoms with Crippen molar-refractivity contribution in [2.45, 2.75) is 59.2 Å². The van der Waals surface area contributed by atoms with Crippen molar-refractivity contribution in [1.29, 1.82) is 0 Å². The van der Waals surface area contributed by atoms with E-state index in [-0.39, 0.29) is 18.0 Å². The van der Waals surface area contributed by atoms with E-state index < -0.39 is 0 Å². The second-order valence-electron chi connectivity index (χ2n) is 5.46. The Kier molecular flexibility index (Phi) is 3.94. The molecule has 1 aromatic heterocycles. The molecule has 2 N–H and O–H groups in total. The molecule has 0 saturated carbocycles. The number of rotatable bonds is 3. The minimum atomic E-state index is 0.0813. The van der Waals surface area contributed by atoms with Gasteiger partial charge in [-0.05, 0) is 33.6 Å². The number of aryl methyl sites for hydroxylation is 2. The number of nitrogens with zero attached hydrogens (tertiary/aromatic N) is 3. The number of hydrogen-bond acceptors (Lipinski definition) is 3. The number of nitrogens with two attached hydrogens (primary N) is 1. The third kappa shape index (κ3) is 2.39. The zero-order valence-corrected chi connectivity index (χ0v) is 12.3. The fourth-order valence-electron chi connectivity index (χ4n) is 2.83. The van der Waals surface area contributed by atoms with Crippen molar-refractivity contribution in [3.8, 4) is 0 Å². The number of amides is 1. The van der Waals surface area contributed by atoms with Crippen LogP contribution in [0.15, 0.2) is 0 Å². The van der Waals surface area contributed by atoms with E-state index in [1.165, 1.54) is 0 Å². The van der Waals surface area contributed by atoms with Gasteiger partial charge in [-0.2, -0.15) is 5.10 Å². The molecule has 0 radical (unpaired) electrons. The maximum atomic E-state index is 12.7. The highest BCUT2D eigenvalue weighted by Gasteiger charge is 2.34. The molecular formula is C14H24N4O. The lowest BCUT2D eigenvalue weighted by molar-refractivity contribution is 0.0741. The number of carbonyl (C=O) groups is 1. The van der Waals surface area contributed by atoms with E-state index in [1.807, 2.05) is 30.4 Å². The molecule has 0 aromatic carbocycles. The molecule has 106 valence electrons. The third-order valence-corrected chi connectivity index (χ3v) is 4.11. The predicted octanol–water partition coefficient (Wildman–Crippen LogP) is 1.47. The second kappa shape index (κ2) is 5.33. The highest BCUT2D eigenvalue weighted by molar-refractivity contribution is 5.96. The van der Waals surface area contributed by atoms with E-state index in [1.54, 1.807) is 0 Å². The molecule has 1 aliphatic rings. The van der Waals surface area contributed by atoms with Gasteiger partial charge in [0, 0.05) is 30.9 Å². The van der Waals surface area contributed by atoms with Crippen LogP contribution in [0.1, 0.15) is 48.4 Å². The van der Waals surface area contributed by atoms with Gasteiger partial charge in [-0.15, -0.1) is 0 Å². The van der Waals surface area contributed by atoms with Gasteiger partial charge in [0.2, 0.25) is 0 Å². The largest absolute Gasteiger partial charge is 0.334 e. The van der Waals surface area contributed by atoms with Crippen molar-refractivity contribution in [3.63, 3.8) is 0 Å². The molecule has 5 heteroatoms. The molecule has 1 amide bonds. The molecule has 1 fully saturated rings. The lowest BCUT2D eigenvalue weighted by atomic mass is 10.1. The fraction of sp³-hybridized carbons (Fsp3) is 0.714. The van der Waals surface area contributed by atoms with Crippen molar-refractivity contribution in [3.05, 3.63) is 17.0 Å². The molecule has 1 aromatic rings. The lowest BCUT2D eigenvalue weighted by Crippen LogP contribution is -2.40. The fourth-order valence-corrected chi connectivity index (χ4v) is 2.83. The first-order chi connectivity index (χ1) is 8.97. The summed E-state index contributed by atoms with van der Waals surface area (Å²) in [5.41, 5.74) is 8.55. The average Bonchev–Trinajstić information content (AvgIpc) is 2.82. The summed E-state index contributed by atoms with van der Waals surface area (Å²) in [6, 6.07) is 0.205. The van der Waals surface area contributed by atoms with Gasteiger partial charge in [-0.1, -0.05) is 6.92 Å². The van der Waals surface area contributed by atoms with Gasteiger partial charge in [0.05, 0.1) is 11.3 Å². The second-order valence-corrected chi connectivity index (χ2v) is 5.46. The molecule has 2 rings (SSSR count). The van der Waals surface area contributed by atoms with Crippen LogP contribution in [0, 0.1) is 13.8 Å². The maximum Gasteiger partial charge on any atom is 0.257 e. The van der Waals surface area contributed by atoms with Gasteiger partial charge >= 0.3 is 0 Å². The van der Waals surface area contributed by atoms with Crippen LogP contribution in [-0.4, -0.2) is 39.2 Å². The van der Waals surface area contributed by atoms with Crippen LogP contribution >= 0.6 is 0 Å². The number of carbonyl (C=O) groups excluding carboxylic acids is 1. The number of hydrogen-bond donors (Lipinski definition) is 1. The van der Waals surface area contributed by atoms with E-state index in [0.29, 0.717) is 0 Å². The van der Waals surface area contributed by atoms with Crippen molar-refractivity contribution in [2.75, 3.05) is 6.54 Å². The van der Waals surface area contributed by atoms with Gasteiger partial charge in [-0.3, -0.25) is 9.48 Å². The van der Waals surface area contributed by atoms with Crippen LogP contribution in [0.4, 0.5) is 0 Å². The molecule has 1 aliphatic heterocycles. The van der Waals surface area contributed by atoms with E-state index in [2.05, 4.69) is 12.0 Å². The molecule has 19 heavy (non-hydrogen) atoms. The average molecular weight is 264 g/mol. The summed E-state index contributed by atoms with van der Waals surface area (Å²) in [7, 11) is 0. The van der Waals surface area contributed by atoms with Crippen molar-refractivity contribution in [2.24, 2.45) is 5.73 Å². The van der Waals surface area contributed by atoms with Crippen LogP contribution in [0.3, 0.4) is 0 Å². The van der Waals surface area contributed by atoms with Crippen LogP contribution in [-0.2, 0) is 6.54 Å². The summed E-state index contributed by atoms with van der Waals surface area (Å²) in [5, 5.41) is 4.47. The summed E-state index contributed by atoms with van der Waals surface area (Å²) >= 11 is 0. The normalized spacial score (nSPS) is 23.1. The maximum absolute atomic E-state index is 12.7. The van der Waals surface area contributed by atoms with E-state index in [4.69, 9.17) is 5.73 Å². The van der Waals surface area contributed by atoms with Crippen molar-refractivity contribution < 1.29 is 4.79 Å². The Balaban J connectivity index is 2.29. The Labute approximate surface area is 114 Å². The molecule has 2 atom stereocenters. The van der Waals surface area contributed by atoms with Gasteiger partial charge < -0.3 is 10.6 Å². The summed E-state index contributed by atoms with van der Waals surface area (Å²) in [6.45, 7) is 9.63. The monoisotopic (exact) mass is 264 g/mol. The molecule has 0 bridgehead atoms. The van der Waals surface area contributed by atoms with Crippen molar-refractivity contribution in [1.82, 2.24) is 14.7 Å². The SMILES string of the molecule is CCCn1nc(C)c(C(=O)N2CC[C@H](N)[C@@H]2C)c1C. The Morgan fingerprint density at radius 2 is 2.16 bits per heavy atom. The zero-order valence-electron chi connectivity index (χ0n) is 12.3. The van der Waals surface area contributed by atoms with E-state index >= 15 is 0 Å². The molecule has 0 aliphatic carbocycles. The summed E-state index contributed by atoms with van der Waals surface area (Å²) in [6.07, 6.45) is 1.90. The van der Waals surface area contributed by atoms with Gasteiger partial charge in [0.25, 0.3) is 5.91 Å². The van der Waals surface area contributed by atoms with E-state index in [9.17, 15) is 4.79 Å². The highest BCUT2D eigenvalue weighted by Crippen LogP contribution is 2.22. The van der Waals surface area contributed by atoms with Crippen molar-refractivity contribution >= 4 is 5.91 Å². The molecule has 2 heterocycles. The zero-order chi connectivity index (χ0) is 14.2. The van der Waals surface area contributed by atoms with Crippen LogP contribution in [0.25, 0.3) is 0 Å². The molecule has 5 nitrogen and oxygen atoms in total. The first-order valence-electron chi connectivity index (χ1n) is 7.07. The minimum Gasteiger partial charge on any atom is -0.334 e. The van der Waals surface area contributed by atoms with Crippen LogP contribution < -0.4 is 5.73 Å². The minimum absolute atomic E-state index is 0.0813. The van der Waals surface area contributed by atoms with Gasteiger partial charge in [0.15, 0.2) is 0 Å². The quantitative estimate of drug-likeness (QED) is 0.899. The smallest absolute Gasteiger partial charge is 0.257 e. The number of likely N-dealkylation sites (tertiary alicyclic amines) is 1. The Morgan fingerprint density at radius 1 is 1.47 bits per heavy atom. The molecule has 1 saturated heterocycles. The first-order valence-corrected chi connectivity index (χ1v) is 7.07. The Hall–Kier alpha value is -1.36. The Bertz CT molecular complexity index is 480. The summed E-state index contributed by atoms with van der Waals surface area (Å²) in [5.74, 6) is 0.0813. The van der Waals surface area contributed by atoms with E-state index in [0.717, 1.165) is 42.9 Å². The first kappa shape index (κ1) is 14.1. The highest BCUT2D eigenvalue weighted by atomic mass is 16.2. The van der Waals surface area contributed by atoms with Gasteiger partial charge in [0.1, 0.15) is 0 Å². The van der Waals surface area contributed by atoms with Gasteiger partial charge in [-0.25, -0.2) is 0 Å². The molecule has 0 unspecified atom stereocenters. The lowest BCUT2D eigenvalue weighted by Gasteiger charge is -2.23. The molecule has 0 spiro atoms. The predicted molar refractivity (Wildman–Crippen MR) is 75.1 cm³/mol. The Morgan fingerprint density at radius 3 is 2.68 bits per heavy atom. The summed E-state index contributed by atoms with van der Waals surface area (Å²) in [4.78, 5) is 14.6. The van der Waals surface area contributed by atoms with Crippen LogP contribution in [0.5, 0.6) is 0 Å². The molecular weight excluding hydrogens is 240 g/mol. The topological polar surface area (TPSA) is 64.2 Å².